The van der Waals surface area contributed by atoms with Crippen LogP contribution in [-0.2, 0) is 35.7 Å². The van der Waals surface area contributed by atoms with Crippen molar-refractivity contribution in [3.05, 3.63) is 46.8 Å². The third-order valence-electron chi connectivity index (χ3n) is 11.8. The van der Waals surface area contributed by atoms with Crippen molar-refractivity contribution in [1.82, 2.24) is 19.4 Å². The van der Waals surface area contributed by atoms with Gasteiger partial charge in [-0.05, 0) is 80.8 Å². The third-order valence-corrected chi connectivity index (χ3v) is 13.6. The molecule has 2 saturated carbocycles. The van der Waals surface area contributed by atoms with Gasteiger partial charge in [0, 0.05) is 38.1 Å². The number of carbonyl (C=O) groups is 4. The first-order chi connectivity index (χ1) is 25.4. The Kier molecular flexibility index (Phi) is 11.3. The van der Waals surface area contributed by atoms with E-state index in [2.05, 4.69) is 16.7 Å². The first-order valence-corrected chi connectivity index (χ1v) is 21.2. The van der Waals surface area contributed by atoms with Gasteiger partial charge < -0.3 is 9.64 Å². The minimum absolute atomic E-state index is 0.0121. The van der Waals surface area contributed by atoms with Gasteiger partial charge in [0.2, 0.25) is 27.7 Å². The predicted molar refractivity (Wildman–Crippen MR) is 205 cm³/mol. The Balaban J connectivity index is 1.37. The first kappa shape index (κ1) is 39.8. The monoisotopic (exact) mass is 764 g/mol. The van der Waals surface area contributed by atoms with E-state index in [9.17, 15) is 32.4 Å². The van der Waals surface area contributed by atoms with Crippen molar-refractivity contribution in [3.8, 4) is 5.88 Å². The van der Waals surface area contributed by atoms with E-state index in [1.54, 1.807) is 29.2 Å². The second-order valence-electron chi connectivity index (χ2n) is 17.6. The lowest BCUT2D eigenvalue weighted by molar-refractivity contribution is -0.145. The van der Waals surface area contributed by atoms with E-state index in [4.69, 9.17) is 4.74 Å². The highest BCUT2D eigenvalue weighted by Gasteiger charge is 2.61. The number of amides is 2. The number of ether oxygens (including phenoxy) is 1. The van der Waals surface area contributed by atoms with E-state index >= 15 is 0 Å². The van der Waals surface area contributed by atoms with Crippen molar-refractivity contribution in [2.24, 2.45) is 34.5 Å². The molecule has 6 rings (SSSR count). The summed E-state index contributed by atoms with van der Waals surface area (Å²) in [6.07, 6.45) is 7.11. The molecule has 12 nitrogen and oxygen atoms in total. The Labute approximate surface area is 318 Å². The summed E-state index contributed by atoms with van der Waals surface area (Å²) in [6.45, 7) is 12.3. The number of ketones is 2. The first-order valence-electron chi connectivity index (χ1n) is 19.7. The van der Waals surface area contributed by atoms with Gasteiger partial charge in [-0.15, -0.1) is 5.10 Å². The maximum absolute atomic E-state index is 14.9. The fourth-order valence-electron chi connectivity index (χ4n) is 8.56. The molecule has 0 unspecified atom stereocenters. The van der Waals surface area contributed by atoms with Gasteiger partial charge >= 0.3 is 0 Å². The fraction of sp³-hybridized carbons (Fsp3) is 0.659. The van der Waals surface area contributed by atoms with Crippen LogP contribution in [0.2, 0.25) is 0 Å². The van der Waals surface area contributed by atoms with Gasteiger partial charge in [0.1, 0.15) is 11.9 Å². The Hall–Kier alpha value is -3.87. The zero-order chi connectivity index (χ0) is 39.2. The molecule has 1 saturated heterocycles. The zero-order valence-electron chi connectivity index (χ0n) is 32.5. The highest BCUT2D eigenvalue weighted by Crippen LogP contribution is 2.57. The number of fused-ring (bicyclic) bond motifs is 3. The van der Waals surface area contributed by atoms with Gasteiger partial charge in [-0.2, -0.15) is 0 Å². The lowest BCUT2D eigenvalue weighted by Crippen LogP contribution is -2.47. The molecule has 13 heteroatoms. The van der Waals surface area contributed by atoms with Crippen molar-refractivity contribution in [2.75, 3.05) is 6.54 Å². The average Bonchev–Trinajstić information content (AvgIpc) is 4.02. The van der Waals surface area contributed by atoms with Crippen LogP contribution in [0.15, 0.2) is 41.2 Å². The SMILES string of the molecule is CCn1nc(O[C@@H]2C[C@H]3C(=O)C[C@]4(C(=O)NS(=O)(=O)C5CC5)C[C@H]4/C=C\CC[C@@H](C)C[C@@H](C)[C@H](CC(=O)CC(C)(C)C)C(=O)N3C2)c2ccccc2c1=O. The summed E-state index contributed by atoms with van der Waals surface area (Å²) >= 11 is 0. The fourth-order valence-corrected chi connectivity index (χ4v) is 9.94. The average molecular weight is 765 g/mol. The van der Waals surface area contributed by atoms with Gasteiger partial charge in [0.05, 0.1) is 34.0 Å². The lowest BCUT2D eigenvalue weighted by Gasteiger charge is -2.32. The van der Waals surface area contributed by atoms with E-state index in [0.717, 1.165) is 12.8 Å². The normalized spacial score (nSPS) is 30.1. The molecule has 2 aliphatic heterocycles. The smallest absolute Gasteiger partial charge is 0.274 e. The molecule has 1 aromatic heterocycles. The molecule has 294 valence electrons. The highest BCUT2D eigenvalue weighted by atomic mass is 32.2. The van der Waals surface area contributed by atoms with Gasteiger partial charge in [-0.1, -0.05) is 58.9 Å². The van der Waals surface area contributed by atoms with Crippen LogP contribution in [0.25, 0.3) is 10.8 Å². The molecule has 54 heavy (non-hydrogen) atoms. The summed E-state index contributed by atoms with van der Waals surface area (Å²) < 4.78 is 35.9. The van der Waals surface area contributed by atoms with E-state index in [1.807, 2.05) is 46.8 Å². The van der Waals surface area contributed by atoms with Crippen molar-refractivity contribution >= 4 is 44.2 Å². The third kappa shape index (κ3) is 8.66. The standard InChI is InChI=1S/C41H56N4O8S/c1-7-45-38(49)32-15-11-10-14-31(32)36(42-45)53-29-20-34-35(47)23-41(39(50)43-54(51,52)30-16-17-30)21-27(41)13-9-8-12-25(2)18-26(3)33(37(48)44(34)24-29)19-28(46)22-40(4,5)6/h9-11,13-15,25-27,29-30,33-34H,7-8,12,16-24H2,1-6H3,(H,43,50)/b13-9-/t25-,26-,27-,29-,33+,34+,41-/m1/s1. The van der Waals surface area contributed by atoms with Gasteiger partial charge in [0.25, 0.3) is 5.56 Å². The second kappa shape index (κ2) is 15.3. The summed E-state index contributed by atoms with van der Waals surface area (Å²) in [6, 6.07) is 6.04. The number of aryl methyl sites for hydroxylation is 1. The topological polar surface area (TPSA) is 162 Å². The van der Waals surface area contributed by atoms with Crippen LogP contribution in [0, 0.1) is 34.5 Å². The molecule has 3 heterocycles. The molecule has 0 radical (unpaired) electrons. The van der Waals surface area contributed by atoms with Crippen molar-refractivity contribution in [2.45, 2.75) is 130 Å². The van der Waals surface area contributed by atoms with E-state index in [0.29, 0.717) is 49.4 Å². The molecular weight excluding hydrogens is 709 g/mol. The molecule has 0 bridgehead atoms. The van der Waals surface area contributed by atoms with Crippen LogP contribution in [0.5, 0.6) is 5.88 Å². The Morgan fingerprint density at radius 2 is 1.74 bits per heavy atom. The van der Waals surface area contributed by atoms with Gasteiger partial charge in [0.15, 0.2) is 5.78 Å². The van der Waals surface area contributed by atoms with Crippen LogP contribution in [-0.4, -0.2) is 70.4 Å². The molecule has 2 aliphatic carbocycles. The van der Waals surface area contributed by atoms with Crippen molar-refractivity contribution in [3.63, 3.8) is 0 Å². The number of carbonyl (C=O) groups excluding carboxylic acids is 4. The lowest BCUT2D eigenvalue weighted by atomic mass is 9.79. The molecular formula is C41H56N4O8S. The molecule has 7 atom stereocenters. The Morgan fingerprint density at radius 3 is 2.41 bits per heavy atom. The van der Waals surface area contributed by atoms with Crippen LogP contribution in [0.1, 0.15) is 106 Å². The van der Waals surface area contributed by atoms with E-state index in [-0.39, 0.29) is 77.9 Å². The molecule has 3 fully saturated rings. The number of hydrogen-bond acceptors (Lipinski definition) is 9. The number of nitrogens with zero attached hydrogens (tertiary/aromatic N) is 3. The number of sulfonamides is 1. The predicted octanol–water partition coefficient (Wildman–Crippen LogP) is 5.36. The molecule has 2 aromatic rings. The molecule has 2 amide bonds. The molecule has 1 aromatic carbocycles. The summed E-state index contributed by atoms with van der Waals surface area (Å²) in [5.74, 6) is -2.03. The van der Waals surface area contributed by atoms with Crippen LogP contribution in [0.3, 0.4) is 0 Å². The van der Waals surface area contributed by atoms with Crippen LogP contribution in [0.4, 0.5) is 0 Å². The summed E-state index contributed by atoms with van der Waals surface area (Å²) in [5.41, 5.74) is -1.77. The maximum Gasteiger partial charge on any atom is 0.274 e. The van der Waals surface area contributed by atoms with Gasteiger partial charge in [-0.3, -0.25) is 28.7 Å². The summed E-state index contributed by atoms with van der Waals surface area (Å²) in [5, 5.41) is 4.86. The summed E-state index contributed by atoms with van der Waals surface area (Å²) in [7, 11) is -3.86. The minimum atomic E-state index is -3.86. The molecule has 0 spiro atoms. The number of rotatable bonds is 9. The van der Waals surface area contributed by atoms with Crippen LogP contribution >= 0.6 is 0 Å². The summed E-state index contributed by atoms with van der Waals surface area (Å²) in [4.78, 5) is 71.5. The maximum atomic E-state index is 14.9. The highest BCUT2D eigenvalue weighted by molar-refractivity contribution is 7.90. The number of aromatic nitrogens is 2. The van der Waals surface area contributed by atoms with E-state index in [1.165, 1.54) is 4.68 Å². The van der Waals surface area contributed by atoms with Crippen molar-refractivity contribution in [1.29, 1.82) is 0 Å². The largest absolute Gasteiger partial charge is 0.471 e. The number of allylic oxidation sites excluding steroid dienone is 2. The second-order valence-corrected chi connectivity index (χ2v) is 19.6. The minimum Gasteiger partial charge on any atom is -0.471 e. The number of benzene rings is 1. The van der Waals surface area contributed by atoms with E-state index < -0.39 is 44.7 Å². The Morgan fingerprint density at radius 1 is 1.04 bits per heavy atom. The quantitative estimate of drug-likeness (QED) is 0.332. The number of hydrogen-bond donors (Lipinski definition) is 1. The molecule has 1 N–H and O–H groups in total. The zero-order valence-corrected chi connectivity index (χ0v) is 33.3. The number of Topliss-reactive ketones (excluding diaryl/α,β-unsaturated/α-hetero) is 2. The van der Waals surface area contributed by atoms with Crippen molar-refractivity contribution < 1.29 is 32.3 Å². The molecule has 4 aliphatic rings. The van der Waals surface area contributed by atoms with Crippen LogP contribution < -0.4 is 15.0 Å². The Bertz CT molecular complexity index is 2000. The number of nitrogens with one attached hydrogen (secondary N) is 1. The van der Waals surface area contributed by atoms with Gasteiger partial charge in [-0.25, -0.2) is 13.1 Å².